The Morgan fingerprint density at radius 2 is 2.10 bits per heavy atom. The molecular formula is C5H9FO3S. The van der Waals surface area contributed by atoms with E-state index in [1.807, 2.05) is 0 Å². The van der Waals surface area contributed by atoms with E-state index < -0.39 is 10.1 Å². The summed E-state index contributed by atoms with van der Waals surface area (Å²) in [6.07, 6.45) is 4.75. The largest absolute Gasteiger partial charge is 0.269 e. The SMILES string of the molecule is C#CCOS(=O)(=O)CC.F. The standard InChI is InChI=1S/C5H8O3S.FH/c1-3-5-8-9(6,7)4-2;/h1H,4-5H2,2H3;1H. The molecule has 0 aromatic heterocycles. The maximum Gasteiger partial charge on any atom is 0.267 e. The molecule has 0 aromatic carbocycles. The molecule has 0 aliphatic heterocycles. The van der Waals surface area contributed by atoms with E-state index in [-0.39, 0.29) is 17.1 Å². The molecular weight excluding hydrogens is 159 g/mol. The monoisotopic (exact) mass is 168 g/mol. The van der Waals surface area contributed by atoms with E-state index in [0.717, 1.165) is 0 Å². The predicted molar refractivity (Wildman–Crippen MR) is 36.7 cm³/mol. The molecule has 0 N–H and O–H groups in total. The highest BCUT2D eigenvalue weighted by Crippen LogP contribution is 1.89. The van der Waals surface area contributed by atoms with Crippen molar-refractivity contribution >= 4 is 10.1 Å². The fourth-order valence-electron chi connectivity index (χ4n) is 0.207. The summed E-state index contributed by atoms with van der Waals surface area (Å²) >= 11 is 0. The average Bonchev–Trinajstić information content (AvgIpc) is 1.84. The molecule has 0 radical (unpaired) electrons. The van der Waals surface area contributed by atoms with Crippen LogP contribution in [-0.4, -0.2) is 20.8 Å². The molecule has 0 unspecified atom stereocenters. The van der Waals surface area contributed by atoms with E-state index >= 15 is 0 Å². The summed E-state index contributed by atoms with van der Waals surface area (Å²) in [6, 6.07) is 0. The van der Waals surface area contributed by atoms with Crippen molar-refractivity contribution in [3.63, 3.8) is 0 Å². The van der Waals surface area contributed by atoms with Crippen LogP contribution in [0.2, 0.25) is 0 Å². The van der Waals surface area contributed by atoms with E-state index in [4.69, 9.17) is 6.42 Å². The van der Waals surface area contributed by atoms with Gasteiger partial charge in [0, 0.05) is 0 Å². The molecule has 0 amide bonds. The molecule has 0 bridgehead atoms. The summed E-state index contributed by atoms with van der Waals surface area (Å²) in [5.74, 6) is 2.02. The van der Waals surface area contributed by atoms with Gasteiger partial charge in [-0.05, 0) is 6.92 Å². The second-order valence-electron chi connectivity index (χ2n) is 1.31. The Morgan fingerprint density at radius 3 is 2.40 bits per heavy atom. The van der Waals surface area contributed by atoms with Gasteiger partial charge in [-0.1, -0.05) is 5.92 Å². The lowest BCUT2D eigenvalue weighted by molar-refractivity contribution is 0.364. The zero-order valence-electron chi connectivity index (χ0n) is 5.53. The predicted octanol–water partition coefficient (Wildman–Crippen LogP) is 0.138. The summed E-state index contributed by atoms with van der Waals surface area (Å²) in [7, 11) is -3.32. The maximum absolute atomic E-state index is 10.4. The van der Waals surface area contributed by atoms with Gasteiger partial charge in [-0.2, -0.15) is 8.42 Å². The highest BCUT2D eigenvalue weighted by atomic mass is 32.2. The summed E-state index contributed by atoms with van der Waals surface area (Å²) in [4.78, 5) is 0. The van der Waals surface area contributed by atoms with E-state index in [0.29, 0.717) is 0 Å². The molecule has 0 aromatic rings. The summed E-state index contributed by atoms with van der Waals surface area (Å²) in [6.45, 7) is 1.32. The molecule has 60 valence electrons. The topological polar surface area (TPSA) is 43.4 Å². The van der Waals surface area contributed by atoms with Gasteiger partial charge < -0.3 is 0 Å². The second kappa shape index (κ2) is 5.21. The van der Waals surface area contributed by atoms with Gasteiger partial charge in [0.25, 0.3) is 10.1 Å². The minimum Gasteiger partial charge on any atom is -0.269 e. The van der Waals surface area contributed by atoms with Crippen molar-refractivity contribution in [1.29, 1.82) is 0 Å². The maximum atomic E-state index is 10.4. The van der Waals surface area contributed by atoms with Gasteiger partial charge in [-0.25, -0.2) is 0 Å². The van der Waals surface area contributed by atoms with Gasteiger partial charge in [0.05, 0.1) is 5.75 Å². The van der Waals surface area contributed by atoms with Gasteiger partial charge in [-0.3, -0.25) is 8.89 Å². The normalized spacial score (nSPS) is 9.60. The van der Waals surface area contributed by atoms with Crippen LogP contribution in [0.4, 0.5) is 4.70 Å². The smallest absolute Gasteiger partial charge is 0.267 e. The van der Waals surface area contributed by atoms with Gasteiger partial charge >= 0.3 is 0 Å². The van der Waals surface area contributed by atoms with Crippen LogP contribution in [0.3, 0.4) is 0 Å². The first-order chi connectivity index (χ1) is 4.12. The highest BCUT2D eigenvalue weighted by molar-refractivity contribution is 7.86. The van der Waals surface area contributed by atoms with Gasteiger partial charge in [0.15, 0.2) is 0 Å². The molecule has 0 spiro atoms. The third kappa shape index (κ3) is 5.54. The van der Waals surface area contributed by atoms with E-state index in [2.05, 4.69) is 10.1 Å². The van der Waals surface area contributed by atoms with Crippen molar-refractivity contribution in [2.24, 2.45) is 0 Å². The third-order valence-electron chi connectivity index (χ3n) is 0.675. The van der Waals surface area contributed by atoms with Crippen LogP contribution in [0.5, 0.6) is 0 Å². The fraction of sp³-hybridized carbons (Fsp3) is 0.600. The van der Waals surface area contributed by atoms with E-state index in [1.54, 1.807) is 0 Å². The first-order valence-corrected chi connectivity index (χ1v) is 4.00. The molecule has 0 saturated carbocycles. The molecule has 0 heterocycles. The van der Waals surface area contributed by atoms with E-state index in [9.17, 15) is 8.42 Å². The molecule has 0 saturated heterocycles. The number of hydrogen-bond donors (Lipinski definition) is 0. The Bertz CT molecular complexity index is 201. The van der Waals surface area contributed by atoms with Crippen LogP contribution in [0.1, 0.15) is 6.92 Å². The molecule has 0 aliphatic carbocycles. The van der Waals surface area contributed by atoms with Crippen molar-refractivity contribution in [2.45, 2.75) is 6.92 Å². The molecule has 3 nitrogen and oxygen atoms in total. The lowest BCUT2D eigenvalue weighted by atomic mass is 10.8. The minimum atomic E-state index is -3.32. The van der Waals surface area contributed by atoms with Gasteiger partial charge in [0.2, 0.25) is 0 Å². The minimum absolute atomic E-state index is 0. The molecule has 0 aliphatic rings. The quantitative estimate of drug-likeness (QED) is 0.444. The van der Waals surface area contributed by atoms with Crippen molar-refractivity contribution in [1.82, 2.24) is 0 Å². The molecule has 0 fully saturated rings. The molecule has 5 heteroatoms. The fourth-order valence-corrected chi connectivity index (χ4v) is 0.621. The Kier molecular flexibility index (Phi) is 6.31. The summed E-state index contributed by atoms with van der Waals surface area (Å²) in [5.41, 5.74) is 0. The van der Waals surface area contributed by atoms with Crippen molar-refractivity contribution < 1.29 is 17.3 Å². The summed E-state index contributed by atoms with van der Waals surface area (Å²) in [5, 5.41) is 0. The van der Waals surface area contributed by atoms with Crippen LogP contribution in [0.15, 0.2) is 0 Å². The third-order valence-corrected chi connectivity index (χ3v) is 1.86. The number of rotatable bonds is 3. The Morgan fingerprint density at radius 1 is 1.60 bits per heavy atom. The van der Waals surface area contributed by atoms with Gasteiger partial charge in [0.1, 0.15) is 6.61 Å². The molecule has 0 rings (SSSR count). The van der Waals surface area contributed by atoms with Crippen LogP contribution in [0, 0.1) is 12.3 Å². The lowest BCUT2D eigenvalue weighted by Crippen LogP contribution is -2.07. The first kappa shape index (κ1) is 12.1. The summed E-state index contributed by atoms with van der Waals surface area (Å²) < 4.78 is 25.1. The van der Waals surface area contributed by atoms with Crippen LogP contribution in [0.25, 0.3) is 0 Å². The number of halogens is 1. The number of terminal acetylenes is 1. The van der Waals surface area contributed by atoms with Crippen molar-refractivity contribution in [2.75, 3.05) is 12.4 Å². The second-order valence-corrected chi connectivity index (χ2v) is 3.24. The van der Waals surface area contributed by atoms with Gasteiger partial charge in [-0.15, -0.1) is 6.42 Å². The zero-order valence-corrected chi connectivity index (χ0v) is 6.35. The van der Waals surface area contributed by atoms with Crippen LogP contribution >= 0.6 is 0 Å². The Labute approximate surface area is 59.9 Å². The van der Waals surface area contributed by atoms with Crippen LogP contribution < -0.4 is 0 Å². The average molecular weight is 168 g/mol. The Balaban J connectivity index is 0. The first-order valence-electron chi connectivity index (χ1n) is 2.43. The Hall–Kier alpha value is -0.600. The lowest BCUT2D eigenvalue weighted by Gasteiger charge is -1.95. The van der Waals surface area contributed by atoms with Crippen LogP contribution in [-0.2, 0) is 14.3 Å². The molecule has 10 heavy (non-hydrogen) atoms. The van der Waals surface area contributed by atoms with Crippen molar-refractivity contribution in [3.05, 3.63) is 0 Å². The molecule has 0 atom stereocenters. The van der Waals surface area contributed by atoms with E-state index in [1.165, 1.54) is 6.92 Å². The number of hydrogen-bond acceptors (Lipinski definition) is 3. The van der Waals surface area contributed by atoms with Crippen molar-refractivity contribution in [3.8, 4) is 12.3 Å². The zero-order chi connectivity index (χ0) is 7.33. The highest BCUT2D eigenvalue weighted by Gasteiger charge is 2.03.